The SMILES string of the molecule is CC(=O)Nc1ccc(S(=O)(=O)NC(C=O)CC(=O)OC(=O)C(F)(F)F)c(OC(C)Cc2cncc3ccccc23)c1. The maximum absolute atomic E-state index is 13.2. The molecule has 0 spiro atoms. The van der Waals surface area contributed by atoms with Gasteiger partial charge in [-0.3, -0.25) is 14.6 Å². The Balaban J connectivity index is 1.86. The topological polar surface area (TPSA) is 158 Å². The third-order valence-corrected chi connectivity index (χ3v) is 6.96. The van der Waals surface area contributed by atoms with E-state index < -0.39 is 57.5 Å². The van der Waals surface area contributed by atoms with Crippen LogP contribution >= 0.6 is 0 Å². The number of nitrogens with one attached hydrogen (secondary N) is 2. The number of pyridine rings is 1. The van der Waals surface area contributed by atoms with Crippen molar-refractivity contribution < 1.29 is 50.2 Å². The second kappa shape index (κ2) is 12.9. The number of amides is 1. The molecule has 15 heteroatoms. The summed E-state index contributed by atoms with van der Waals surface area (Å²) < 4.78 is 74.9. The van der Waals surface area contributed by atoms with Gasteiger partial charge in [0.05, 0.1) is 12.5 Å². The van der Waals surface area contributed by atoms with E-state index in [1.807, 2.05) is 29.0 Å². The Morgan fingerprint density at radius 1 is 1.10 bits per heavy atom. The quantitative estimate of drug-likeness (QED) is 0.193. The molecular formula is C26H24F3N3O8S. The molecule has 0 radical (unpaired) electrons. The number of nitrogens with zero attached hydrogens (tertiary/aromatic N) is 1. The molecule has 1 amide bonds. The number of hydrogen-bond donors (Lipinski definition) is 2. The molecule has 2 atom stereocenters. The van der Waals surface area contributed by atoms with Crippen LogP contribution in [-0.4, -0.2) is 55.9 Å². The molecule has 0 bridgehead atoms. The largest absolute Gasteiger partial charge is 0.491 e. The van der Waals surface area contributed by atoms with Crippen LogP contribution in [0.5, 0.6) is 5.75 Å². The number of hydrogen-bond acceptors (Lipinski definition) is 9. The standard InChI is InChI=1S/C26H24F3N3O8S/c1-15(9-18-13-30-12-17-5-3-4-6-21(17)18)39-22-10-19(31-16(2)34)7-8-23(22)41(37,38)32-20(14-33)11-24(35)40-25(36)26(27,28)29/h3-8,10,12-15,20,32H,9,11H2,1-2H3,(H,31,34). The van der Waals surface area contributed by atoms with Crippen LogP contribution in [0.3, 0.4) is 0 Å². The molecule has 218 valence electrons. The second-order valence-corrected chi connectivity index (χ2v) is 10.5. The monoisotopic (exact) mass is 595 g/mol. The number of carbonyl (C=O) groups excluding carboxylic acids is 4. The van der Waals surface area contributed by atoms with Gasteiger partial charge in [0.15, 0.2) is 0 Å². The third-order valence-electron chi connectivity index (χ3n) is 5.44. The van der Waals surface area contributed by atoms with Crippen molar-refractivity contribution in [3.8, 4) is 5.75 Å². The lowest BCUT2D eigenvalue weighted by atomic mass is 10.0. The zero-order valence-corrected chi connectivity index (χ0v) is 22.4. The van der Waals surface area contributed by atoms with E-state index in [9.17, 15) is 40.8 Å². The summed E-state index contributed by atoms with van der Waals surface area (Å²) in [5.41, 5.74) is 0.996. The molecule has 2 unspecified atom stereocenters. The van der Waals surface area contributed by atoms with Crippen LogP contribution < -0.4 is 14.8 Å². The van der Waals surface area contributed by atoms with E-state index in [0.29, 0.717) is 6.42 Å². The highest BCUT2D eigenvalue weighted by atomic mass is 32.2. The number of benzene rings is 2. The zero-order valence-electron chi connectivity index (χ0n) is 21.6. The predicted octanol–water partition coefficient (Wildman–Crippen LogP) is 3.07. The summed E-state index contributed by atoms with van der Waals surface area (Å²) in [6.45, 7) is 2.90. The Morgan fingerprint density at radius 2 is 1.80 bits per heavy atom. The number of ether oxygens (including phenoxy) is 2. The van der Waals surface area contributed by atoms with E-state index >= 15 is 0 Å². The number of fused-ring (bicyclic) bond motifs is 1. The molecule has 0 aliphatic heterocycles. The van der Waals surface area contributed by atoms with Crippen LogP contribution in [0, 0.1) is 0 Å². The number of sulfonamides is 1. The van der Waals surface area contributed by atoms with Crippen LogP contribution in [0.4, 0.5) is 18.9 Å². The summed E-state index contributed by atoms with van der Waals surface area (Å²) in [6, 6.07) is 9.15. The number of rotatable bonds is 11. The molecule has 1 heterocycles. The van der Waals surface area contributed by atoms with Crippen molar-refractivity contribution in [1.29, 1.82) is 0 Å². The van der Waals surface area contributed by atoms with E-state index in [1.165, 1.54) is 19.1 Å². The van der Waals surface area contributed by atoms with Gasteiger partial charge in [-0.1, -0.05) is 24.3 Å². The number of carbonyl (C=O) groups is 4. The van der Waals surface area contributed by atoms with Gasteiger partial charge in [0, 0.05) is 42.9 Å². The van der Waals surface area contributed by atoms with Gasteiger partial charge in [0.2, 0.25) is 15.9 Å². The van der Waals surface area contributed by atoms with Crippen molar-refractivity contribution in [3.63, 3.8) is 0 Å². The smallest absolute Gasteiger partial charge is 0.489 e. The van der Waals surface area contributed by atoms with Crippen LogP contribution in [0.2, 0.25) is 0 Å². The van der Waals surface area contributed by atoms with E-state index in [0.717, 1.165) is 22.4 Å². The minimum Gasteiger partial charge on any atom is -0.489 e. The molecule has 1 aromatic heterocycles. The fourth-order valence-electron chi connectivity index (χ4n) is 3.78. The van der Waals surface area contributed by atoms with Crippen molar-refractivity contribution in [2.75, 3.05) is 5.32 Å². The number of halogens is 3. The van der Waals surface area contributed by atoms with Crippen LogP contribution in [-0.2, 0) is 40.4 Å². The summed E-state index contributed by atoms with van der Waals surface area (Å²) in [5.74, 6) is -5.27. The number of esters is 2. The number of aromatic nitrogens is 1. The fraction of sp³-hybridized carbons (Fsp3) is 0.269. The highest BCUT2D eigenvalue weighted by Crippen LogP contribution is 2.30. The first-order valence-electron chi connectivity index (χ1n) is 11.9. The number of aldehydes is 1. The van der Waals surface area contributed by atoms with Gasteiger partial charge in [-0.25, -0.2) is 17.9 Å². The number of anilines is 1. The summed E-state index contributed by atoms with van der Waals surface area (Å²) in [4.78, 5) is 49.3. The molecule has 3 aromatic rings. The molecule has 11 nitrogen and oxygen atoms in total. The lowest BCUT2D eigenvalue weighted by Gasteiger charge is -2.20. The van der Waals surface area contributed by atoms with E-state index in [4.69, 9.17) is 4.74 Å². The third kappa shape index (κ3) is 8.56. The van der Waals surface area contributed by atoms with E-state index in [-0.39, 0.29) is 17.7 Å². The minimum absolute atomic E-state index is 0.0424. The van der Waals surface area contributed by atoms with E-state index in [2.05, 4.69) is 15.0 Å². The van der Waals surface area contributed by atoms with Gasteiger partial charge < -0.3 is 19.6 Å². The maximum atomic E-state index is 13.2. The summed E-state index contributed by atoms with van der Waals surface area (Å²) in [5, 5.41) is 4.28. The molecule has 3 rings (SSSR count). The highest BCUT2D eigenvalue weighted by Gasteiger charge is 2.42. The van der Waals surface area contributed by atoms with Crippen molar-refractivity contribution in [2.45, 2.75) is 49.9 Å². The maximum Gasteiger partial charge on any atom is 0.491 e. The molecule has 2 N–H and O–H groups in total. The lowest BCUT2D eigenvalue weighted by molar-refractivity contribution is -0.202. The Morgan fingerprint density at radius 3 is 2.46 bits per heavy atom. The van der Waals surface area contributed by atoms with Crippen molar-refractivity contribution in [1.82, 2.24) is 9.71 Å². The van der Waals surface area contributed by atoms with Crippen LogP contribution in [0.1, 0.15) is 25.8 Å². The van der Waals surface area contributed by atoms with Gasteiger partial charge in [-0.2, -0.15) is 13.2 Å². The van der Waals surface area contributed by atoms with Gasteiger partial charge in [-0.15, -0.1) is 0 Å². The lowest BCUT2D eigenvalue weighted by Crippen LogP contribution is -2.39. The summed E-state index contributed by atoms with van der Waals surface area (Å²) in [7, 11) is -4.65. The molecule has 0 aliphatic carbocycles. The molecule has 0 aliphatic rings. The summed E-state index contributed by atoms with van der Waals surface area (Å²) >= 11 is 0. The summed E-state index contributed by atoms with van der Waals surface area (Å²) in [6.07, 6.45) is -3.72. The Kier molecular flexibility index (Phi) is 9.78. The van der Waals surface area contributed by atoms with Crippen molar-refractivity contribution in [3.05, 3.63) is 60.4 Å². The Hall–Kier alpha value is -4.37. The zero-order chi connectivity index (χ0) is 30.4. The van der Waals surface area contributed by atoms with Gasteiger partial charge >= 0.3 is 18.1 Å². The first-order valence-corrected chi connectivity index (χ1v) is 13.4. The van der Waals surface area contributed by atoms with Crippen LogP contribution in [0.15, 0.2) is 59.8 Å². The average Bonchev–Trinajstić information content (AvgIpc) is 2.87. The molecule has 0 saturated carbocycles. The van der Waals surface area contributed by atoms with Crippen molar-refractivity contribution >= 4 is 50.6 Å². The Bertz CT molecular complexity index is 1570. The molecule has 2 aromatic carbocycles. The number of alkyl halides is 3. The Labute approximate surface area is 232 Å². The second-order valence-electron chi connectivity index (χ2n) is 8.82. The first kappa shape index (κ1) is 31.2. The minimum atomic E-state index is -5.47. The van der Waals surface area contributed by atoms with Gasteiger partial charge in [-0.05, 0) is 30.0 Å². The van der Waals surface area contributed by atoms with Gasteiger partial charge in [0.25, 0.3) is 0 Å². The van der Waals surface area contributed by atoms with Gasteiger partial charge in [0.1, 0.15) is 23.0 Å². The average molecular weight is 596 g/mol. The first-order chi connectivity index (χ1) is 19.2. The predicted molar refractivity (Wildman–Crippen MR) is 138 cm³/mol. The molecule has 0 saturated heterocycles. The molecule has 0 fully saturated rings. The highest BCUT2D eigenvalue weighted by molar-refractivity contribution is 7.89. The van der Waals surface area contributed by atoms with E-state index in [1.54, 1.807) is 19.3 Å². The normalized spacial score (nSPS) is 13.2. The molecule has 41 heavy (non-hydrogen) atoms. The van der Waals surface area contributed by atoms with Crippen LogP contribution in [0.25, 0.3) is 10.8 Å². The fourth-order valence-corrected chi connectivity index (χ4v) is 5.06. The van der Waals surface area contributed by atoms with Crippen molar-refractivity contribution in [2.24, 2.45) is 0 Å². The molecular weight excluding hydrogens is 571 g/mol.